The summed E-state index contributed by atoms with van der Waals surface area (Å²) in [6.07, 6.45) is 4.20. The number of H-pyrrole nitrogens is 1. The molecule has 0 radical (unpaired) electrons. The van der Waals surface area contributed by atoms with Gasteiger partial charge in [-0.15, -0.1) is 0 Å². The number of ether oxygens (including phenoxy) is 2. The van der Waals surface area contributed by atoms with Crippen LogP contribution >= 0.6 is 0 Å². The van der Waals surface area contributed by atoms with Gasteiger partial charge in [0.15, 0.2) is 17.3 Å². The molecule has 8 rings (SSSR count). The third-order valence-corrected chi connectivity index (χ3v) is 8.41. The van der Waals surface area contributed by atoms with Gasteiger partial charge in [-0.1, -0.05) is 48.5 Å². The fraction of sp³-hybridized carbons (Fsp3) is 0.176. The third-order valence-electron chi connectivity index (χ3n) is 8.41. The van der Waals surface area contributed by atoms with Gasteiger partial charge in [-0.3, -0.25) is 9.59 Å². The summed E-state index contributed by atoms with van der Waals surface area (Å²) in [6, 6.07) is 20.9. The maximum Gasteiger partial charge on any atom is 0.259 e. The number of anilines is 1. The number of fused-ring (bicyclic) bond motifs is 5. The second-order valence-electron chi connectivity index (χ2n) is 10.9. The number of para-hydroxylation sites is 1. The Bertz CT molecular complexity index is 2140. The van der Waals surface area contributed by atoms with Gasteiger partial charge in [0.05, 0.1) is 24.3 Å². The molecule has 4 heterocycles. The molecule has 0 saturated carbocycles. The van der Waals surface area contributed by atoms with Crippen molar-refractivity contribution in [1.29, 1.82) is 0 Å². The second kappa shape index (κ2) is 9.99. The highest BCUT2D eigenvalue weighted by Gasteiger charge is 2.31. The fourth-order valence-electron chi connectivity index (χ4n) is 6.29. The number of carbonyl (C=O) groups is 1. The molecule has 0 atom stereocenters. The molecular formula is C34H27FN4O4. The van der Waals surface area contributed by atoms with Crippen LogP contribution in [0.2, 0.25) is 0 Å². The van der Waals surface area contributed by atoms with Crippen molar-refractivity contribution >= 4 is 44.2 Å². The minimum Gasteiger partial charge on any atom is -0.451 e. The Balaban J connectivity index is 1.28. The molecule has 0 aliphatic carbocycles. The van der Waals surface area contributed by atoms with Gasteiger partial charge in [-0.25, -0.2) is 4.39 Å². The number of hydrogen-bond donors (Lipinski definition) is 2. The number of morpholine rings is 1. The zero-order valence-electron chi connectivity index (χ0n) is 23.2. The lowest BCUT2D eigenvalue weighted by Crippen LogP contribution is -2.42. The Hall–Kier alpha value is -5.15. The van der Waals surface area contributed by atoms with Crippen LogP contribution in [0.1, 0.15) is 15.9 Å². The highest BCUT2D eigenvalue weighted by Crippen LogP contribution is 2.47. The third kappa shape index (κ3) is 4.07. The van der Waals surface area contributed by atoms with Crippen molar-refractivity contribution in [1.82, 2.24) is 14.5 Å². The van der Waals surface area contributed by atoms with E-state index in [1.807, 2.05) is 65.4 Å². The van der Waals surface area contributed by atoms with Crippen LogP contribution in [-0.4, -0.2) is 53.2 Å². The maximum atomic E-state index is 15.9. The predicted octanol–water partition coefficient (Wildman–Crippen LogP) is 6.00. The van der Waals surface area contributed by atoms with Crippen molar-refractivity contribution in [3.63, 3.8) is 0 Å². The normalized spacial score (nSPS) is 14.2. The lowest BCUT2D eigenvalue weighted by Gasteiger charge is -2.29. The van der Waals surface area contributed by atoms with Crippen molar-refractivity contribution < 1.29 is 18.7 Å². The quantitative estimate of drug-likeness (QED) is 0.263. The summed E-state index contributed by atoms with van der Waals surface area (Å²) in [5.74, 6) is -0.286. The van der Waals surface area contributed by atoms with Gasteiger partial charge in [0.2, 0.25) is 5.43 Å². The first-order chi connectivity index (χ1) is 21.1. The maximum absolute atomic E-state index is 15.9. The summed E-state index contributed by atoms with van der Waals surface area (Å²) < 4.78 is 29.6. The van der Waals surface area contributed by atoms with Gasteiger partial charge in [-0.2, -0.15) is 0 Å². The number of nitrogens with zero attached hydrogens (tertiary/aromatic N) is 2. The zero-order valence-corrected chi connectivity index (χ0v) is 23.2. The second-order valence-corrected chi connectivity index (χ2v) is 10.9. The molecular weight excluding hydrogens is 547 g/mol. The van der Waals surface area contributed by atoms with E-state index >= 15 is 4.39 Å². The van der Waals surface area contributed by atoms with E-state index in [9.17, 15) is 9.59 Å². The zero-order chi connectivity index (χ0) is 29.1. The van der Waals surface area contributed by atoms with Crippen LogP contribution in [0.5, 0.6) is 11.5 Å². The molecule has 43 heavy (non-hydrogen) atoms. The van der Waals surface area contributed by atoms with Crippen molar-refractivity contribution in [3.8, 4) is 17.2 Å². The van der Waals surface area contributed by atoms with Crippen LogP contribution in [-0.2, 0) is 11.2 Å². The number of carbonyl (C=O) groups excluding carboxylic acids is 1. The molecule has 1 amide bonds. The largest absolute Gasteiger partial charge is 0.451 e. The first-order valence-corrected chi connectivity index (χ1v) is 14.4. The van der Waals surface area contributed by atoms with E-state index in [1.165, 1.54) is 6.07 Å². The van der Waals surface area contributed by atoms with Gasteiger partial charge >= 0.3 is 0 Å². The van der Waals surface area contributed by atoms with Crippen molar-refractivity contribution in [2.75, 3.05) is 38.2 Å². The van der Waals surface area contributed by atoms with Gasteiger partial charge in [0, 0.05) is 48.3 Å². The van der Waals surface area contributed by atoms with E-state index in [2.05, 4.69) is 16.4 Å². The van der Waals surface area contributed by atoms with Crippen LogP contribution < -0.4 is 15.5 Å². The molecule has 2 aliphatic heterocycles. The van der Waals surface area contributed by atoms with Crippen LogP contribution in [0, 0.1) is 5.82 Å². The highest BCUT2D eigenvalue weighted by molar-refractivity contribution is 6.04. The molecule has 0 unspecified atom stereocenters. The Morgan fingerprint density at radius 3 is 2.63 bits per heavy atom. The van der Waals surface area contributed by atoms with Crippen molar-refractivity contribution in [3.05, 3.63) is 106 Å². The number of rotatable bonds is 5. The topological polar surface area (TPSA) is 88.6 Å². The average molecular weight is 575 g/mol. The van der Waals surface area contributed by atoms with Crippen LogP contribution in [0.25, 0.3) is 38.3 Å². The van der Waals surface area contributed by atoms with Crippen LogP contribution in [0.3, 0.4) is 0 Å². The Morgan fingerprint density at radius 2 is 1.77 bits per heavy atom. The molecule has 0 bridgehead atoms. The number of aromatic amines is 1. The number of pyridine rings is 1. The Kier molecular flexibility index (Phi) is 5.94. The molecule has 1 saturated heterocycles. The summed E-state index contributed by atoms with van der Waals surface area (Å²) in [6.45, 7) is 2.01. The number of nitrogens with one attached hydrogen (secondary N) is 2. The van der Waals surface area contributed by atoms with E-state index in [4.69, 9.17) is 9.47 Å². The van der Waals surface area contributed by atoms with Gasteiger partial charge in [0.1, 0.15) is 16.8 Å². The molecule has 6 aromatic rings. The Morgan fingerprint density at radius 1 is 0.977 bits per heavy atom. The summed E-state index contributed by atoms with van der Waals surface area (Å²) in [5.41, 5.74) is 2.90. The number of hydrogen-bond acceptors (Lipinski definition) is 5. The van der Waals surface area contributed by atoms with Crippen LogP contribution in [0.4, 0.5) is 10.1 Å². The lowest BCUT2D eigenvalue weighted by atomic mass is 10.0. The molecule has 1 fully saturated rings. The van der Waals surface area contributed by atoms with E-state index in [-0.39, 0.29) is 22.4 Å². The van der Waals surface area contributed by atoms with Crippen molar-refractivity contribution in [2.24, 2.45) is 0 Å². The number of benzene rings is 4. The molecule has 2 aliphatic rings. The smallest absolute Gasteiger partial charge is 0.259 e. The first-order valence-electron chi connectivity index (χ1n) is 14.4. The van der Waals surface area contributed by atoms with Crippen LogP contribution in [0.15, 0.2) is 83.9 Å². The molecule has 2 aromatic heterocycles. The molecule has 0 spiro atoms. The number of amides is 1. The predicted molar refractivity (Wildman–Crippen MR) is 164 cm³/mol. The Labute approximate surface area is 245 Å². The van der Waals surface area contributed by atoms with Crippen molar-refractivity contribution in [2.45, 2.75) is 6.42 Å². The average Bonchev–Trinajstić information content (AvgIpc) is 3.46. The molecule has 214 valence electrons. The summed E-state index contributed by atoms with van der Waals surface area (Å²) >= 11 is 0. The minimum absolute atomic E-state index is 0.0134. The van der Waals surface area contributed by atoms with E-state index in [0.29, 0.717) is 56.2 Å². The molecule has 8 nitrogen and oxygen atoms in total. The number of aromatic nitrogens is 2. The SMILES string of the molecule is O=C(c1cn2c3c(c(NCCc4c[nH]c5ccccc45)c(F)cc3c1=O)Oc1ccc3ccccc3c1-2)N1CCOCC1. The summed E-state index contributed by atoms with van der Waals surface area (Å²) in [5, 5.41) is 6.32. The lowest BCUT2D eigenvalue weighted by molar-refractivity contribution is 0.0302. The van der Waals surface area contributed by atoms with Gasteiger partial charge < -0.3 is 29.2 Å². The molecule has 4 aromatic carbocycles. The molecule has 9 heteroatoms. The standard InChI is InChI=1S/C34H27FN4O4/c35-26-17-24-31-33(29(26)36-12-11-21-18-37-27-8-4-3-6-22(21)27)43-28-10-9-20-5-1-2-7-23(20)30(28)39(31)19-25(32(24)40)34(41)38-13-15-42-16-14-38/h1-10,17-19,36-37H,11-16H2. The highest BCUT2D eigenvalue weighted by atomic mass is 19.1. The molecule has 2 N–H and O–H groups in total. The summed E-state index contributed by atoms with van der Waals surface area (Å²) in [4.78, 5) is 32.4. The minimum atomic E-state index is -0.620. The van der Waals surface area contributed by atoms with E-state index in [0.717, 1.165) is 27.2 Å². The first kappa shape index (κ1) is 25.6. The fourth-order valence-corrected chi connectivity index (χ4v) is 6.29. The van der Waals surface area contributed by atoms with E-state index < -0.39 is 17.2 Å². The van der Waals surface area contributed by atoms with E-state index in [1.54, 1.807) is 11.1 Å². The van der Waals surface area contributed by atoms with Gasteiger partial charge in [-0.05, 0) is 35.6 Å². The van der Waals surface area contributed by atoms with Gasteiger partial charge in [0.25, 0.3) is 5.91 Å². The number of halogens is 1. The monoisotopic (exact) mass is 574 g/mol. The summed E-state index contributed by atoms with van der Waals surface area (Å²) in [7, 11) is 0.